The van der Waals surface area contributed by atoms with Gasteiger partial charge in [-0.3, -0.25) is 5.10 Å². The van der Waals surface area contributed by atoms with Crippen molar-refractivity contribution in [3.63, 3.8) is 0 Å². The zero-order valence-corrected chi connectivity index (χ0v) is 15.7. The van der Waals surface area contributed by atoms with Crippen LogP contribution in [0.1, 0.15) is 5.56 Å². The standard InChI is InChI=1S/C18H17N7O2S/c1-28(26,27)11-12-6-8-13(9-7-12)20-16-10-19-25-18(21-16)22-17-14-4-2-3-5-15(14)23-24-17/h2-10H,11H2,1H3,(H3,20,21,22,23,24,25). The number of fused-ring (bicyclic) bond motifs is 1. The van der Waals surface area contributed by atoms with Crippen molar-refractivity contribution in [3.8, 4) is 0 Å². The maximum atomic E-state index is 11.4. The minimum atomic E-state index is -3.06. The highest BCUT2D eigenvalue weighted by Crippen LogP contribution is 2.22. The lowest BCUT2D eigenvalue weighted by Crippen LogP contribution is -2.03. The van der Waals surface area contributed by atoms with Crippen molar-refractivity contribution in [2.45, 2.75) is 5.75 Å². The van der Waals surface area contributed by atoms with Crippen molar-refractivity contribution in [2.24, 2.45) is 0 Å². The van der Waals surface area contributed by atoms with Crippen LogP contribution in [0.5, 0.6) is 0 Å². The summed E-state index contributed by atoms with van der Waals surface area (Å²) in [7, 11) is -3.06. The molecule has 4 rings (SSSR count). The minimum Gasteiger partial charge on any atom is -0.339 e. The third kappa shape index (κ3) is 4.23. The normalized spacial score (nSPS) is 11.5. The van der Waals surface area contributed by atoms with Crippen LogP contribution in [0, 0.1) is 0 Å². The summed E-state index contributed by atoms with van der Waals surface area (Å²) in [4.78, 5) is 4.39. The van der Waals surface area contributed by atoms with Crippen molar-refractivity contribution in [2.75, 3.05) is 16.9 Å². The van der Waals surface area contributed by atoms with E-state index in [0.717, 1.165) is 22.2 Å². The molecule has 0 aliphatic carbocycles. The molecule has 2 heterocycles. The minimum absolute atomic E-state index is 0.00797. The molecule has 0 atom stereocenters. The van der Waals surface area contributed by atoms with E-state index in [4.69, 9.17) is 0 Å². The lowest BCUT2D eigenvalue weighted by molar-refractivity contribution is 0.601. The molecule has 0 aliphatic rings. The topological polar surface area (TPSA) is 126 Å². The monoisotopic (exact) mass is 395 g/mol. The Morgan fingerprint density at radius 2 is 1.82 bits per heavy atom. The van der Waals surface area contributed by atoms with Gasteiger partial charge in [-0.15, -0.1) is 5.10 Å². The van der Waals surface area contributed by atoms with Gasteiger partial charge in [-0.25, -0.2) is 8.42 Å². The highest BCUT2D eigenvalue weighted by molar-refractivity contribution is 7.89. The van der Waals surface area contributed by atoms with E-state index in [-0.39, 0.29) is 5.75 Å². The Balaban J connectivity index is 1.49. The zero-order valence-electron chi connectivity index (χ0n) is 14.9. The number of para-hydroxylation sites is 1. The SMILES string of the molecule is CS(=O)(=O)Cc1ccc(Nc2cnnc(Nc3n[nH]c4ccccc34)n2)cc1. The number of benzene rings is 2. The number of hydrogen-bond donors (Lipinski definition) is 3. The molecule has 2 aromatic carbocycles. The molecule has 3 N–H and O–H groups in total. The zero-order chi connectivity index (χ0) is 19.6. The number of rotatable bonds is 6. The van der Waals surface area contributed by atoms with Crippen molar-refractivity contribution < 1.29 is 8.42 Å². The number of anilines is 4. The molecule has 10 heteroatoms. The Morgan fingerprint density at radius 1 is 1.04 bits per heavy atom. The molecule has 142 valence electrons. The van der Waals surface area contributed by atoms with Crippen LogP contribution >= 0.6 is 0 Å². The number of aromatic nitrogens is 5. The number of hydrogen-bond acceptors (Lipinski definition) is 8. The average Bonchev–Trinajstić information content (AvgIpc) is 3.06. The summed E-state index contributed by atoms with van der Waals surface area (Å²) in [5, 5.41) is 22.2. The second-order valence-corrected chi connectivity index (χ2v) is 8.44. The molecule has 0 bridgehead atoms. The van der Waals surface area contributed by atoms with Crippen LogP contribution in [0.25, 0.3) is 10.9 Å². The highest BCUT2D eigenvalue weighted by Gasteiger charge is 2.08. The van der Waals surface area contributed by atoms with Gasteiger partial charge in [0, 0.05) is 17.3 Å². The third-order valence-electron chi connectivity index (χ3n) is 3.91. The molecule has 0 radical (unpaired) electrons. The molecule has 0 aliphatic heterocycles. The Kier molecular flexibility index (Phi) is 4.62. The van der Waals surface area contributed by atoms with Gasteiger partial charge in [0.25, 0.3) is 0 Å². The van der Waals surface area contributed by atoms with Gasteiger partial charge in [0.05, 0.1) is 17.5 Å². The molecule has 0 spiro atoms. The molecule has 0 unspecified atom stereocenters. The smallest absolute Gasteiger partial charge is 0.250 e. The molecular weight excluding hydrogens is 378 g/mol. The molecule has 4 aromatic rings. The Bertz CT molecular complexity index is 1220. The van der Waals surface area contributed by atoms with E-state index in [9.17, 15) is 8.42 Å². The van der Waals surface area contributed by atoms with Gasteiger partial charge in [0.15, 0.2) is 21.5 Å². The number of nitrogens with one attached hydrogen (secondary N) is 3. The number of H-pyrrole nitrogens is 1. The van der Waals surface area contributed by atoms with E-state index >= 15 is 0 Å². The fourth-order valence-corrected chi connectivity index (χ4v) is 3.51. The van der Waals surface area contributed by atoms with Gasteiger partial charge in [0.1, 0.15) is 0 Å². The number of nitrogens with zero attached hydrogens (tertiary/aromatic N) is 4. The molecule has 28 heavy (non-hydrogen) atoms. The summed E-state index contributed by atoms with van der Waals surface area (Å²) in [6.07, 6.45) is 2.71. The van der Waals surface area contributed by atoms with Gasteiger partial charge in [-0.2, -0.15) is 15.2 Å². The van der Waals surface area contributed by atoms with E-state index in [1.54, 1.807) is 24.3 Å². The summed E-state index contributed by atoms with van der Waals surface area (Å²) in [6.45, 7) is 0. The molecule has 0 saturated carbocycles. The summed E-state index contributed by atoms with van der Waals surface area (Å²) < 4.78 is 22.7. The summed E-state index contributed by atoms with van der Waals surface area (Å²) in [5.74, 6) is 1.41. The van der Waals surface area contributed by atoms with Crippen molar-refractivity contribution in [1.82, 2.24) is 25.4 Å². The highest BCUT2D eigenvalue weighted by atomic mass is 32.2. The average molecular weight is 395 g/mol. The van der Waals surface area contributed by atoms with Crippen LogP contribution in [-0.2, 0) is 15.6 Å². The second-order valence-electron chi connectivity index (χ2n) is 6.30. The fourth-order valence-electron chi connectivity index (χ4n) is 2.72. The second kappa shape index (κ2) is 7.24. The van der Waals surface area contributed by atoms with Crippen LogP contribution in [0.2, 0.25) is 0 Å². The van der Waals surface area contributed by atoms with E-state index < -0.39 is 9.84 Å². The van der Waals surface area contributed by atoms with E-state index in [2.05, 4.69) is 36.0 Å². The van der Waals surface area contributed by atoms with E-state index in [1.807, 2.05) is 24.3 Å². The first-order valence-electron chi connectivity index (χ1n) is 8.40. The van der Waals surface area contributed by atoms with Gasteiger partial charge in [-0.05, 0) is 29.8 Å². The van der Waals surface area contributed by atoms with Gasteiger partial charge >= 0.3 is 0 Å². The maximum absolute atomic E-state index is 11.4. The van der Waals surface area contributed by atoms with Gasteiger partial charge in [-0.1, -0.05) is 24.3 Å². The lowest BCUT2D eigenvalue weighted by Gasteiger charge is -2.07. The van der Waals surface area contributed by atoms with Gasteiger partial charge < -0.3 is 10.6 Å². The first-order chi connectivity index (χ1) is 13.5. The van der Waals surface area contributed by atoms with Crippen LogP contribution in [-0.4, -0.2) is 40.1 Å². The molecule has 2 aromatic heterocycles. The van der Waals surface area contributed by atoms with E-state index in [1.165, 1.54) is 12.5 Å². The lowest BCUT2D eigenvalue weighted by atomic mass is 10.2. The van der Waals surface area contributed by atoms with Crippen molar-refractivity contribution >= 4 is 44.0 Å². The van der Waals surface area contributed by atoms with Gasteiger partial charge in [0.2, 0.25) is 5.95 Å². The predicted octanol–water partition coefficient (Wildman–Crippen LogP) is 2.78. The largest absolute Gasteiger partial charge is 0.339 e. The Morgan fingerprint density at radius 3 is 2.61 bits per heavy atom. The van der Waals surface area contributed by atoms with Crippen molar-refractivity contribution in [3.05, 3.63) is 60.3 Å². The van der Waals surface area contributed by atoms with E-state index in [0.29, 0.717) is 17.6 Å². The summed E-state index contributed by atoms with van der Waals surface area (Å²) in [5.41, 5.74) is 2.39. The predicted molar refractivity (Wildman–Crippen MR) is 107 cm³/mol. The summed E-state index contributed by atoms with van der Waals surface area (Å²) >= 11 is 0. The quantitative estimate of drug-likeness (QED) is 0.455. The Labute approximate surface area is 161 Å². The molecular formula is C18H17N7O2S. The van der Waals surface area contributed by atoms with Crippen LogP contribution in [0.15, 0.2) is 54.7 Å². The molecule has 9 nitrogen and oxygen atoms in total. The third-order valence-corrected chi connectivity index (χ3v) is 4.77. The fraction of sp³-hybridized carbons (Fsp3) is 0.111. The molecule has 0 fully saturated rings. The molecule has 0 saturated heterocycles. The molecule has 0 amide bonds. The van der Waals surface area contributed by atoms with Crippen LogP contribution in [0.4, 0.5) is 23.3 Å². The summed E-state index contributed by atoms with van der Waals surface area (Å²) in [6, 6.07) is 14.8. The first kappa shape index (κ1) is 17.9. The first-order valence-corrected chi connectivity index (χ1v) is 10.5. The van der Waals surface area contributed by atoms with Crippen LogP contribution < -0.4 is 10.6 Å². The number of sulfone groups is 1. The van der Waals surface area contributed by atoms with Crippen molar-refractivity contribution in [1.29, 1.82) is 0 Å². The number of aromatic amines is 1. The van der Waals surface area contributed by atoms with Crippen LogP contribution in [0.3, 0.4) is 0 Å². The maximum Gasteiger partial charge on any atom is 0.250 e. The Hall–Kier alpha value is -3.53.